The quantitative estimate of drug-likeness (QED) is 0.831. The fourth-order valence-electron chi connectivity index (χ4n) is 1.15. The Morgan fingerprint density at radius 2 is 1.80 bits per heavy atom. The Labute approximate surface area is 104 Å². The topological polar surface area (TPSA) is 37.3 Å². The van der Waals surface area contributed by atoms with Gasteiger partial charge in [0.1, 0.15) is 4.49 Å². The van der Waals surface area contributed by atoms with Crippen molar-refractivity contribution in [1.82, 2.24) is 0 Å². The maximum Gasteiger partial charge on any atom is 0.338 e. The van der Waals surface area contributed by atoms with Crippen molar-refractivity contribution in [3.05, 3.63) is 39.9 Å². The minimum atomic E-state index is -1.13. The van der Waals surface area contributed by atoms with E-state index >= 15 is 0 Å². The summed E-state index contributed by atoms with van der Waals surface area (Å²) >= 11 is 11.0. The van der Waals surface area contributed by atoms with Crippen LogP contribution in [0.4, 0.5) is 0 Å². The van der Waals surface area contributed by atoms with Crippen LogP contribution in [-0.2, 0) is 4.79 Å². The first kappa shape index (κ1) is 14.3. The van der Waals surface area contributed by atoms with Gasteiger partial charge in [0, 0.05) is 0 Å². The fourth-order valence-corrected chi connectivity index (χ4v) is 1.52. The average Bonchev–Trinajstić information content (AvgIpc) is 2.07. The molecule has 1 aromatic carbocycles. The molecule has 0 amide bonds. The SMILES string of the molecule is Cc1ccccc1C(C(=O)O)=C(Cl)Cl.Cl. The van der Waals surface area contributed by atoms with Crippen molar-refractivity contribution in [3.63, 3.8) is 0 Å². The molecule has 0 heterocycles. The van der Waals surface area contributed by atoms with E-state index in [1.54, 1.807) is 25.1 Å². The molecule has 0 fully saturated rings. The van der Waals surface area contributed by atoms with E-state index in [9.17, 15) is 4.79 Å². The summed E-state index contributed by atoms with van der Waals surface area (Å²) < 4.78 is -0.230. The van der Waals surface area contributed by atoms with Crippen molar-refractivity contribution < 1.29 is 9.90 Å². The number of carboxylic acids is 1. The van der Waals surface area contributed by atoms with Crippen LogP contribution in [0.1, 0.15) is 11.1 Å². The van der Waals surface area contributed by atoms with Crippen molar-refractivity contribution >= 4 is 47.2 Å². The summed E-state index contributed by atoms with van der Waals surface area (Å²) in [5, 5.41) is 8.89. The molecule has 5 heteroatoms. The van der Waals surface area contributed by atoms with Gasteiger partial charge in [0.2, 0.25) is 0 Å². The fraction of sp³-hybridized carbons (Fsp3) is 0.100. The van der Waals surface area contributed by atoms with E-state index in [-0.39, 0.29) is 22.5 Å². The molecule has 0 aliphatic carbocycles. The molecule has 0 saturated heterocycles. The van der Waals surface area contributed by atoms with E-state index < -0.39 is 5.97 Å². The molecule has 15 heavy (non-hydrogen) atoms. The summed E-state index contributed by atoms with van der Waals surface area (Å²) in [5.41, 5.74) is 1.30. The van der Waals surface area contributed by atoms with E-state index in [0.29, 0.717) is 5.56 Å². The molecule has 0 unspecified atom stereocenters. The molecule has 1 aromatic rings. The normalized spacial score (nSPS) is 9.00. The molecule has 1 rings (SSSR count). The van der Waals surface area contributed by atoms with E-state index in [1.807, 2.05) is 6.07 Å². The molecule has 1 N–H and O–H groups in total. The van der Waals surface area contributed by atoms with Crippen molar-refractivity contribution in [2.75, 3.05) is 0 Å². The van der Waals surface area contributed by atoms with Gasteiger partial charge in [-0.1, -0.05) is 47.5 Å². The van der Waals surface area contributed by atoms with Gasteiger partial charge in [-0.05, 0) is 18.1 Å². The highest BCUT2D eigenvalue weighted by Crippen LogP contribution is 2.26. The summed E-state index contributed by atoms with van der Waals surface area (Å²) in [6.07, 6.45) is 0. The minimum Gasteiger partial charge on any atom is -0.478 e. The molecule has 0 spiro atoms. The third-order valence-corrected chi connectivity index (χ3v) is 2.20. The predicted molar refractivity (Wildman–Crippen MR) is 64.7 cm³/mol. The summed E-state index contributed by atoms with van der Waals surface area (Å²) in [4.78, 5) is 10.9. The average molecular weight is 268 g/mol. The Hall–Kier alpha value is -0.700. The zero-order chi connectivity index (χ0) is 10.7. The smallest absolute Gasteiger partial charge is 0.338 e. The van der Waals surface area contributed by atoms with Crippen molar-refractivity contribution in [1.29, 1.82) is 0 Å². The van der Waals surface area contributed by atoms with E-state index in [4.69, 9.17) is 28.3 Å². The van der Waals surface area contributed by atoms with E-state index in [1.165, 1.54) is 0 Å². The molecule has 0 aliphatic rings. The highest BCUT2D eigenvalue weighted by atomic mass is 35.5. The molecule has 0 radical (unpaired) electrons. The minimum absolute atomic E-state index is 0. The lowest BCUT2D eigenvalue weighted by Crippen LogP contribution is -2.01. The first-order chi connectivity index (χ1) is 6.54. The number of benzene rings is 1. The third-order valence-electron chi connectivity index (χ3n) is 1.82. The highest BCUT2D eigenvalue weighted by molar-refractivity contribution is 6.61. The van der Waals surface area contributed by atoms with Gasteiger partial charge < -0.3 is 5.11 Å². The van der Waals surface area contributed by atoms with Crippen LogP contribution in [0, 0.1) is 6.92 Å². The number of aliphatic carboxylic acids is 1. The Bertz CT molecular complexity index is 395. The van der Waals surface area contributed by atoms with Crippen molar-refractivity contribution in [2.24, 2.45) is 0 Å². The molecule has 0 aliphatic heterocycles. The van der Waals surface area contributed by atoms with Crippen LogP contribution in [0.5, 0.6) is 0 Å². The van der Waals surface area contributed by atoms with Gasteiger partial charge in [-0.3, -0.25) is 0 Å². The monoisotopic (exact) mass is 266 g/mol. The largest absolute Gasteiger partial charge is 0.478 e. The number of carbonyl (C=O) groups is 1. The van der Waals surface area contributed by atoms with Crippen molar-refractivity contribution in [3.8, 4) is 0 Å². The van der Waals surface area contributed by atoms with E-state index in [0.717, 1.165) is 5.56 Å². The second kappa shape index (κ2) is 6.01. The Balaban J connectivity index is 0.00000196. The van der Waals surface area contributed by atoms with Crippen LogP contribution >= 0.6 is 35.6 Å². The number of rotatable bonds is 2. The summed E-state index contributed by atoms with van der Waals surface area (Å²) in [7, 11) is 0. The van der Waals surface area contributed by atoms with Crippen LogP contribution in [0.2, 0.25) is 0 Å². The molecule has 0 aromatic heterocycles. The predicted octanol–water partition coefficient (Wildman–Crippen LogP) is 3.65. The Morgan fingerprint density at radius 1 is 1.27 bits per heavy atom. The molecule has 82 valence electrons. The highest BCUT2D eigenvalue weighted by Gasteiger charge is 2.15. The van der Waals surface area contributed by atoms with Gasteiger partial charge in [-0.15, -0.1) is 12.4 Å². The molecule has 0 atom stereocenters. The van der Waals surface area contributed by atoms with Gasteiger partial charge >= 0.3 is 5.97 Å². The summed E-state index contributed by atoms with van der Waals surface area (Å²) in [6, 6.07) is 7.03. The zero-order valence-corrected chi connectivity index (χ0v) is 10.2. The van der Waals surface area contributed by atoms with Crippen molar-refractivity contribution in [2.45, 2.75) is 6.92 Å². The number of hydrogen-bond acceptors (Lipinski definition) is 1. The van der Waals surface area contributed by atoms with Gasteiger partial charge in [0.05, 0.1) is 5.57 Å². The van der Waals surface area contributed by atoms with Crippen LogP contribution < -0.4 is 0 Å². The molecule has 2 nitrogen and oxygen atoms in total. The lowest BCUT2D eigenvalue weighted by Gasteiger charge is -2.05. The second-order valence-corrected chi connectivity index (χ2v) is 3.70. The van der Waals surface area contributed by atoms with Gasteiger partial charge in [0.15, 0.2) is 0 Å². The number of hydrogen-bond donors (Lipinski definition) is 1. The molecule has 0 saturated carbocycles. The van der Waals surface area contributed by atoms with E-state index in [2.05, 4.69) is 0 Å². The lowest BCUT2D eigenvalue weighted by atomic mass is 10.0. The van der Waals surface area contributed by atoms with Crippen LogP contribution in [0.25, 0.3) is 5.57 Å². The lowest BCUT2D eigenvalue weighted by molar-refractivity contribution is -0.130. The van der Waals surface area contributed by atoms with Crippen LogP contribution in [0.3, 0.4) is 0 Å². The van der Waals surface area contributed by atoms with Gasteiger partial charge in [-0.2, -0.15) is 0 Å². The van der Waals surface area contributed by atoms with Gasteiger partial charge in [-0.25, -0.2) is 4.79 Å². The first-order valence-electron chi connectivity index (χ1n) is 3.88. The maximum atomic E-state index is 10.9. The van der Waals surface area contributed by atoms with Crippen LogP contribution in [-0.4, -0.2) is 11.1 Å². The standard InChI is InChI=1S/C10H8Cl2O2.ClH/c1-6-4-2-3-5-7(6)8(9(11)12)10(13)14;/h2-5H,1H3,(H,13,14);1H. The number of halogens is 3. The second-order valence-electron chi connectivity index (χ2n) is 2.76. The number of aryl methyl sites for hydroxylation is 1. The zero-order valence-electron chi connectivity index (χ0n) is 7.83. The first-order valence-corrected chi connectivity index (χ1v) is 4.64. The van der Waals surface area contributed by atoms with Gasteiger partial charge in [0.25, 0.3) is 0 Å². The Morgan fingerprint density at radius 3 is 2.20 bits per heavy atom. The summed E-state index contributed by atoms with van der Waals surface area (Å²) in [6.45, 7) is 1.80. The molecular formula is C10H9Cl3O2. The molecular weight excluding hydrogens is 258 g/mol. The van der Waals surface area contributed by atoms with Crippen LogP contribution in [0.15, 0.2) is 28.8 Å². The Kier molecular flexibility index (Phi) is 5.73. The third kappa shape index (κ3) is 3.42. The maximum absolute atomic E-state index is 10.9. The summed E-state index contributed by atoms with van der Waals surface area (Å²) in [5.74, 6) is -1.13. The molecule has 0 bridgehead atoms. The number of carboxylic acid groups (broad SMARTS) is 1.